The van der Waals surface area contributed by atoms with Crippen LogP contribution in [0.25, 0.3) is 0 Å². The van der Waals surface area contributed by atoms with Crippen molar-refractivity contribution < 1.29 is 27.8 Å². The lowest BCUT2D eigenvalue weighted by molar-refractivity contribution is 0.0734. The number of esters is 1. The van der Waals surface area contributed by atoms with Crippen LogP contribution < -0.4 is 14.2 Å². The molecule has 0 spiro atoms. The Morgan fingerprint density at radius 1 is 0.721 bits per heavy atom. The van der Waals surface area contributed by atoms with Gasteiger partial charge in [-0.25, -0.2) is 9.18 Å². The number of carbonyl (C=O) groups is 1. The van der Waals surface area contributed by atoms with Gasteiger partial charge in [-0.1, -0.05) is 77.1 Å². The molecule has 1 atom stereocenters. The molecule has 0 N–H and O–H groups in total. The largest absolute Gasteiger partial charge is 0.494 e. The molecular weight excluding hydrogens is 546 g/mol. The van der Waals surface area contributed by atoms with Gasteiger partial charge in [-0.2, -0.15) is 4.39 Å². The van der Waals surface area contributed by atoms with Crippen LogP contribution in [0.1, 0.15) is 113 Å². The summed E-state index contributed by atoms with van der Waals surface area (Å²) < 4.78 is 46.2. The van der Waals surface area contributed by atoms with E-state index in [1.807, 2.05) is 6.92 Å². The topological polar surface area (TPSA) is 44.8 Å². The summed E-state index contributed by atoms with van der Waals surface area (Å²) in [7, 11) is 0. The summed E-state index contributed by atoms with van der Waals surface area (Å²) in [5.74, 6) is 3.91. The number of halogens is 2. The monoisotopic (exact) mass is 590 g/mol. The first-order valence-corrected chi connectivity index (χ1v) is 15.6. The first-order valence-electron chi connectivity index (χ1n) is 15.6. The number of hydrogen-bond acceptors (Lipinski definition) is 4. The first kappa shape index (κ1) is 33.6. The van der Waals surface area contributed by atoms with E-state index in [-0.39, 0.29) is 17.4 Å². The number of rotatable bonds is 17. The van der Waals surface area contributed by atoms with Crippen LogP contribution >= 0.6 is 0 Å². The number of carbonyl (C=O) groups excluding carboxylic acids is 1. The average molecular weight is 591 g/mol. The molecule has 4 nitrogen and oxygen atoms in total. The van der Waals surface area contributed by atoms with E-state index in [2.05, 4.69) is 25.7 Å². The van der Waals surface area contributed by atoms with Crippen molar-refractivity contribution >= 4 is 5.97 Å². The molecule has 3 aromatic carbocycles. The summed E-state index contributed by atoms with van der Waals surface area (Å²) in [5, 5.41) is 0. The van der Waals surface area contributed by atoms with Gasteiger partial charge in [0.2, 0.25) is 5.82 Å². The molecule has 0 unspecified atom stereocenters. The van der Waals surface area contributed by atoms with Crippen LogP contribution in [-0.2, 0) is 0 Å². The van der Waals surface area contributed by atoms with Gasteiger partial charge >= 0.3 is 5.97 Å². The number of unbranched alkanes of at least 4 members (excludes halogenated alkanes) is 8. The highest BCUT2D eigenvalue weighted by molar-refractivity contribution is 5.91. The molecule has 3 rings (SSSR count). The molecule has 6 heteroatoms. The van der Waals surface area contributed by atoms with E-state index in [0.717, 1.165) is 50.7 Å². The maximum atomic E-state index is 14.7. The SMILES string of the molecule is CCCCCCCCOc1ccc(C(=O)Oc2ccc(C#Cc3ccc(O[C@@H](C)CCCCCC)c(F)c3F)cc2)cc1. The second-order valence-electron chi connectivity index (χ2n) is 10.8. The van der Waals surface area contributed by atoms with Crippen molar-refractivity contribution in [1.82, 2.24) is 0 Å². The lowest BCUT2D eigenvalue weighted by Gasteiger charge is -2.15. The van der Waals surface area contributed by atoms with Gasteiger partial charge in [0, 0.05) is 5.56 Å². The van der Waals surface area contributed by atoms with Gasteiger partial charge in [0.25, 0.3) is 0 Å². The lowest BCUT2D eigenvalue weighted by Crippen LogP contribution is -2.13. The normalized spacial score (nSPS) is 11.4. The third-order valence-electron chi connectivity index (χ3n) is 7.10. The summed E-state index contributed by atoms with van der Waals surface area (Å²) in [6.45, 7) is 6.87. The van der Waals surface area contributed by atoms with E-state index >= 15 is 0 Å². The highest BCUT2D eigenvalue weighted by Crippen LogP contribution is 2.25. The molecule has 0 aliphatic heterocycles. The van der Waals surface area contributed by atoms with Crippen LogP contribution in [0.3, 0.4) is 0 Å². The quantitative estimate of drug-likeness (QED) is 0.0679. The van der Waals surface area contributed by atoms with Crippen molar-refractivity contribution in [2.24, 2.45) is 0 Å². The summed E-state index contributed by atoms with van der Waals surface area (Å²) in [5.41, 5.74) is 0.912. The second-order valence-corrected chi connectivity index (χ2v) is 10.8. The van der Waals surface area contributed by atoms with Gasteiger partial charge < -0.3 is 14.2 Å². The minimum atomic E-state index is -1.04. The molecule has 230 valence electrons. The van der Waals surface area contributed by atoms with Gasteiger partial charge in [0.1, 0.15) is 11.5 Å². The smallest absolute Gasteiger partial charge is 0.343 e. The Balaban J connectivity index is 1.49. The Bertz CT molecular complexity index is 1320. The zero-order chi connectivity index (χ0) is 30.9. The molecule has 0 fully saturated rings. The molecule has 0 amide bonds. The maximum absolute atomic E-state index is 14.7. The molecule has 0 radical (unpaired) electrons. The Morgan fingerprint density at radius 3 is 2.05 bits per heavy atom. The van der Waals surface area contributed by atoms with Crippen molar-refractivity contribution in [3.8, 4) is 29.1 Å². The predicted molar refractivity (Wildman–Crippen MR) is 168 cm³/mol. The highest BCUT2D eigenvalue weighted by Gasteiger charge is 2.16. The van der Waals surface area contributed by atoms with Gasteiger partial charge in [-0.05, 0) is 86.8 Å². The van der Waals surface area contributed by atoms with E-state index in [0.29, 0.717) is 23.5 Å². The van der Waals surface area contributed by atoms with Crippen molar-refractivity contribution in [3.63, 3.8) is 0 Å². The predicted octanol–water partition coefficient (Wildman–Crippen LogP) is 10.1. The van der Waals surface area contributed by atoms with Crippen LogP contribution in [0.4, 0.5) is 8.78 Å². The third-order valence-corrected chi connectivity index (χ3v) is 7.10. The van der Waals surface area contributed by atoms with Gasteiger partial charge in [-0.15, -0.1) is 0 Å². The number of ether oxygens (including phenoxy) is 3. The molecule has 0 aliphatic rings. The zero-order valence-corrected chi connectivity index (χ0v) is 25.7. The summed E-state index contributed by atoms with van der Waals surface area (Å²) in [4.78, 5) is 12.6. The van der Waals surface area contributed by atoms with Crippen LogP contribution in [0, 0.1) is 23.5 Å². The minimum Gasteiger partial charge on any atom is -0.494 e. The Morgan fingerprint density at radius 2 is 1.35 bits per heavy atom. The van der Waals surface area contributed by atoms with E-state index < -0.39 is 17.6 Å². The Kier molecular flexibility index (Phi) is 14.6. The Labute approximate surface area is 255 Å². The maximum Gasteiger partial charge on any atom is 0.343 e. The van der Waals surface area contributed by atoms with E-state index in [1.54, 1.807) is 48.5 Å². The molecule has 0 saturated carbocycles. The fourth-order valence-corrected chi connectivity index (χ4v) is 4.52. The molecule has 43 heavy (non-hydrogen) atoms. The summed E-state index contributed by atoms with van der Waals surface area (Å²) in [6, 6.07) is 16.2. The molecule has 3 aromatic rings. The summed E-state index contributed by atoms with van der Waals surface area (Å²) in [6.07, 6.45) is 12.2. The van der Waals surface area contributed by atoms with Crippen molar-refractivity contribution in [3.05, 3.63) is 89.0 Å². The average Bonchev–Trinajstić information content (AvgIpc) is 3.02. The fraction of sp³-hybridized carbons (Fsp3) is 0.432. The number of hydrogen-bond donors (Lipinski definition) is 0. The Hall–Kier alpha value is -3.85. The molecule has 0 heterocycles. The molecule has 0 aromatic heterocycles. The lowest BCUT2D eigenvalue weighted by atomic mass is 10.1. The van der Waals surface area contributed by atoms with Crippen molar-refractivity contribution in [2.45, 2.75) is 97.5 Å². The van der Waals surface area contributed by atoms with E-state index in [4.69, 9.17) is 14.2 Å². The fourth-order valence-electron chi connectivity index (χ4n) is 4.52. The van der Waals surface area contributed by atoms with Crippen LogP contribution in [0.5, 0.6) is 17.2 Å². The van der Waals surface area contributed by atoms with E-state index in [1.165, 1.54) is 37.8 Å². The number of benzene rings is 3. The standard InChI is InChI=1S/C37H44F2O4/c1-4-6-8-10-11-13-27-41-32-24-19-31(20-25-32)37(40)43-33-22-16-29(17-23-33)15-18-30-21-26-34(36(39)35(30)38)42-28(3)14-12-9-7-5-2/h16-17,19-26,28H,4-14,27H2,1-3H3/t28-/m0/s1. The summed E-state index contributed by atoms with van der Waals surface area (Å²) >= 11 is 0. The zero-order valence-electron chi connectivity index (χ0n) is 25.7. The minimum absolute atomic E-state index is 0.0599. The van der Waals surface area contributed by atoms with E-state index in [9.17, 15) is 13.6 Å². The van der Waals surface area contributed by atoms with Gasteiger partial charge in [0.15, 0.2) is 11.6 Å². The van der Waals surface area contributed by atoms with Crippen LogP contribution in [-0.4, -0.2) is 18.7 Å². The first-order chi connectivity index (χ1) is 20.9. The third kappa shape index (κ3) is 11.7. The second kappa shape index (κ2) is 18.6. The molecule has 0 saturated heterocycles. The van der Waals surface area contributed by atoms with Crippen molar-refractivity contribution in [2.75, 3.05) is 6.61 Å². The van der Waals surface area contributed by atoms with Gasteiger partial charge in [-0.3, -0.25) is 0 Å². The molecule has 0 bridgehead atoms. The van der Waals surface area contributed by atoms with Crippen LogP contribution in [0.15, 0.2) is 60.7 Å². The molecular formula is C37H44F2O4. The highest BCUT2D eigenvalue weighted by atomic mass is 19.2. The molecule has 0 aliphatic carbocycles. The van der Waals surface area contributed by atoms with Crippen LogP contribution in [0.2, 0.25) is 0 Å². The van der Waals surface area contributed by atoms with Crippen molar-refractivity contribution in [1.29, 1.82) is 0 Å². The van der Waals surface area contributed by atoms with Gasteiger partial charge in [0.05, 0.1) is 23.8 Å².